The molecule has 14 heteroatoms. The summed E-state index contributed by atoms with van der Waals surface area (Å²) in [4.78, 5) is 36.9. The minimum atomic E-state index is -4.93. The number of β-amino-alcohol motifs (C(OH)–C–C–N with tert-alkyl or cyclic N) is 1. The van der Waals surface area contributed by atoms with Gasteiger partial charge < -0.3 is 31.1 Å². The zero-order valence-electron chi connectivity index (χ0n) is 16.4. The van der Waals surface area contributed by atoms with Crippen molar-refractivity contribution in [1.82, 2.24) is 20.4 Å². The van der Waals surface area contributed by atoms with Crippen molar-refractivity contribution in [1.29, 1.82) is 0 Å². The van der Waals surface area contributed by atoms with Crippen LogP contribution in [0, 0.1) is 0 Å². The largest absolute Gasteiger partial charge is 0.479 e. The van der Waals surface area contributed by atoms with Crippen LogP contribution in [0.4, 0.5) is 13.2 Å². The molecule has 1 aliphatic rings. The molecule has 0 aromatic carbocycles. The van der Waals surface area contributed by atoms with Gasteiger partial charge in [0.05, 0.1) is 0 Å². The average Bonchev–Trinajstić information content (AvgIpc) is 2.57. The molecular formula is C16H27F3N4O7. The smallest absolute Gasteiger partial charge is 0.418 e. The maximum absolute atomic E-state index is 13.1. The Hall–Kier alpha value is -2.00. The Morgan fingerprint density at radius 2 is 1.30 bits per heavy atom. The van der Waals surface area contributed by atoms with Gasteiger partial charge in [-0.25, -0.2) is 14.4 Å². The molecule has 0 aliphatic carbocycles. The van der Waals surface area contributed by atoms with Crippen molar-refractivity contribution in [2.75, 3.05) is 58.9 Å². The van der Waals surface area contributed by atoms with Crippen molar-refractivity contribution in [2.24, 2.45) is 0 Å². The summed E-state index contributed by atoms with van der Waals surface area (Å²) in [6.45, 7) is -0.202. The lowest BCUT2D eigenvalue weighted by Crippen LogP contribution is -2.67. The van der Waals surface area contributed by atoms with Crippen LogP contribution in [0.3, 0.4) is 0 Å². The van der Waals surface area contributed by atoms with Crippen molar-refractivity contribution in [3.05, 3.63) is 0 Å². The monoisotopic (exact) mass is 444 g/mol. The molecule has 1 saturated heterocycles. The maximum Gasteiger partial charge on any atom is 0.418 e. The molecule has 11 nitrogen and oxygen atoms in total. The number of alkyl halides is 3. The molecule has 0 saturated carbocycles. The number of halogens is 3. The van der Waals surface area contributed by atoms with Crippen LogP contribution in [0.5, 0.6) is 0 Å². The molecule has 1 aliphatic heterocycles. The fraction of sp³-hybridized carbons (Fsp3) is 0.812. The number of nitrogens with zero attached hydrogens (tertiary/aromatic N) is 2. The first-order valence-corrected chi connectivity index (χ1v) is 9.15. The number of aliphatic carboxylic acids is 3. The summed E-state index contributed by atoms with van der Waals surface area (Å²) < 4.78 is 39.2. The number of carboxylic acid groups (broad SMARTS) is 3. The molecule has 30 heavy (non-hydrogen) atoms. The molecule has 0 aromatic rings. The lowest BCUT2D eigenvalue weighted by atomic mass is 9.97. The van der Waals surface area contributed by atoms with Crippen molar-refractivity contribution in [3.8, 4) is 0 Å². The molecule has 0 amide bonds. The predicted molar refractivity (Wildman–Crippen MR) is 96.1 cm³/mol. The van der Waals surface area contributed by atoms with Crippen LogP contribution in [-0.2, 0) is 14.4 Å². The zero-order valence-corrected chi connectivity index (χ0v) is 16.4. The second kappa shape index (κ2) is 10.3. The van der Waals surface area contributed by atoms with Gasteiger partial charge in [-0.05, 0) is 6.92 Å². The second-order valence-electron chi connectivity index (χ2n) is 7.16. The Labute approximate surface area is 170 Å². The van der Waals surface area contributed by atoms with E-state index in [1.54, 1.807) is 0 Å². The summed E-state index contributed by atoms with van der Waals surface area (Å²) in [7, 11) is 0. The number of aliphatic hydroxyl groups is 1. The van der Waals surface area contributed by atoms with E-state index in [0.29, 0.717) is 24.9 Å². The van der Waals surface area contributed by atoms with Gasteiger partial charge >= 0.3 is 29.6 Å². The van der Waals surface area contributed by atoms with Crippen molar-refractivity contribution in [2.45, 2.75) is 24.2 Å². The fourth-order valence-electron chi connectivity index (χ4n) is 3.06. The second-order valence-corrected chi connectivity index (χ2v) is 7.16. The van der Waals surface area contributed by atoms with E-state index in [2.05, 4.69) is 10.6 Å². The van der Waals surface area contributed by atoms with E-state index in [1.807, 2.05) is 0 Å². The highest BCUT2D eigenvalue weighted by molar-refractivity contribution is 6.21. The Morgan fingerprint density at radius 3 is 1.73 bits per heavy atom. The molecule has 174 valence electrons. The SMILES string of the molecule is CC(O)(CN1CCNCCNCCN(C(C(=O)O)(C(=O)O)C(=O)O)CC1)C(F)(F)F. The van der Waals surface area contributed by atoms with Crippen LogP contribution in [0.1, 0.15) is 6.92 Å². The predicted octanol–water partition coefficient (Wildman–Crippen LogP) is -1.91. The first kappa shape index (κ1) is 26.0. The van der Waals surface area contributed by atoms with Crippen LogP contribution < -0.4 is 10.6 Å². The first-order chi connectivity index (χ1) is 13.8. The van der Waals surface area contributed by atoms with E-state index >= 15 is 0 Å². The van der Waals surface area contributed by atoms with E-state index in [0.717, 1.165) is 0 Å². The molecule has 1 fully saturated rings. The lowest BCUT2D eigenvalue weighted by molar-refractivity contribution is -0.257. The highest BCUT2D eigenvalue weighted by Crippen LogP contribution is 2.30. The third kappa shape index (κ3) is 6.01. The van der Waals surface area contributed by atoms with Crippen LogP contribution in [0.2, 0.25) is 0 Å². The van der Waals surface area contributed by atoms with Gasteiger partial charge in [0.15, 0.2) is 5.60 Å². The van der Waals surface area contributed by atoms with Crippen LogP contribution >= 0.6 is 0 Å². The van der Waals surface area contributed by atoms with Crippen LogP contribution in [0.25, 0.3) is 0 Å². The normalized spacial score (nSPS) is 21.1. The fourth-order valence-corrected chi connectivity index (χ4v) is 3.06. The third-order valence-electron chi connectivity index (χ3n) is 4.87. The highest BCUT2D eigenvalue weighted by Gasteiger charge is 2.59. The Morgan fingerprint density at radius 1 is 0.833 bits per heavy atom. The minimum Gasteiger partial charge on any atom is -0.479 e. The number of carboxylic acids is 3. The summed E-state index contributed by atoms with van der Waals surface area (Å²) in [5.41, 5.74) is -6.37. The molecular weight excluding hydrogens is 417 g/mol. The van der Waals surface area contributed by atoms with Crippen LogP contribution in [-0.4, -0.2) is 124 Å². The average molecular weight is 444 g/mol. The maximum atomic E-state index is 13.1. The molecule has 1 atom stereocenters. The summed E-state index contributed by atoms with van der Waals surface area (Å²) >= 11 is 0. The van der Waals surface area contributed by atoms with E-state index in [9.17, 15) is 48.0 Å². The lowest BCUT2D eigenvalue weighted by Gasteiger charge is -2.37. The molecule has 0 aromatic heterocycles. The van der Waals surface area contributed by atoms with Gasteiger partial charge in [-0.2, -0.15) is 13.2 Å². The van der Waals surface area contributed by atoms with E-state index < -0.39 is 48.3 Å². The van der Waals surface area contributed by atoms with Gasteiger partial charge in [0.1, 0.15) is 0 Å². The Kier molecular flexibility index (Phi) is 8.98. The number of hydrogen-bond donors (Lipinski definition) is 6. The van der Waals surface area contributed by atoms with Crippen molar-refractivity contribution >= 4 is 17.9 Å². The summed E-state index contributed by atoms with van der Waals surface area (Å²) in [5.74, 6) is -6.36. The first-order valence-electron chi connectivity index (χ1n) is 9.15. The molecule has 1 unspecified atom stereocenters. The Bertz CT molecular complexity index is 594. The van der Waals surface area contributed by atoms with Gasteiger partial charge in [-0.1, -0.05) is 0 Å². The molecule has 1 rings (SSSR count). The molecule has 0 bridgehead atoms. The molecule has 0 spiro atoms. The van der Waals surface area contributed by atoms with Gasteiger partial charge in [0, 0.05) is 58.9 Å². The molecule has 6 N–H and O–H groups in total. The van der Waals surface area contributed by atoms with E-state index in [-0.39, 0.29) is 32.7 Å². The number of hydrogen-bond acceptors (Lipinski definition) is 8. The number of rotatable bonds is 6. The summed E-state index contributed by atoms with van der Waals surface area (Å²) in [6, 6.07) is 0. The van der Waals surface area contributed by atoms with E-state index in [1.165, 1.54) is 4.90 Å². The summed E-state index contributed by atoms with van der Waals surface area (Å²) in [5, 5.41) is 44.0. The number of carbonyl (C=O) groups is 3. The summed E-state index contributed by atoms with van der Waals surface area (Å²) in [6.07, 6.45) is -4.93. The molecule has 1 heterocycles. The van der Waals surface area contributed by atoms with Gasteiger partial charge in [-0.15, -0.1) is 0 Å². The topological polar surface area (TPSA) is 163 Å². The minimum absolute atomic E-state index is 0.0281. The Balaban J connectivity index is 3.20. The van der Waals surface area contributed by atoms with Crippen molar-refractivity contribution < 1.29 is 48.0 Å². The highest BCUT2D eigenvalue weighted by atomic mass is 19.4. The van der Waals surface area contributed by atoms with Gasteiger partial charge in [0.2, 0.25) is 0 Å². The van der Waals surface area contributed by atoms with Gasteiger partial charge in [0.25, 0.3) is 0 Å². The molecule has 0 radical (unpaired) electrons. The zero-order chi connectivity index (χ0) is 23.2. The third-order valence-corrected chi connectivity index (χ3v) is 4.87. The standard InChI is InChI=1S/C16H27F3N4O7/c1-14(30,16(17,18)19)10-22-6-4-20-2-3-21-5-7-23(9-8-22)15(11(24)25,12(26)27)13(28)29/h20-21,30H,2-10H2,1H3,(H,24,25)(H,26,27)(H,28,29). The number of nitrogens with one attached hydrogen (secondary N) is 2. The van der Waals surface area contributed by atoms with Crippen molar-refractivity contribution in [3.63, 3.8) is 0 Å². The van der Waals surface area contributed by atoms with Crippen LogP contribution in [0.15, 0.2) is 0 Å². The van der Waals surface area contributed by atoms with E-state index in [4.69, 9.17) is 0 Å². The van der Waals surface area contributed by atoms with Gasteiger partial charge in [-0.3, -0.25) is 9.80 Å². The quantitative estimate of drug-likeness (QED) is 0.253.